The van der Waals surface area contributed by atoms with Gasteiger partial charge in [-0.1, -0.05) is 13.3 Å². The van der Waals surface area contributed by atoms with Crippen molar-refractivity contribution in [2.45, 2.75) is 51.2 Å². The summed E-state index contributed by atoms with van der Waals surface area (Å²) in [5.41, 5.74) is 5.74. The number of aliphatic hydroxyl groups is 1. The molecule has 0 radical (unpaired) electrons. The van der Waals surface area contributed by atoms with E-state index in [1.807, 2.05) is 6.92 Å². The Morgan fingerprint density at radius 3 is 2.87 bits per heavy atom. The van der Waals surface area contributed by atoms with Gasteiger partial charge in [0.1, 0.15) is 0 Å². The van der Waals surface area contributed by atoms with E-state index >= 15 is 0 Å². The first kappa shape index (κ1) is 12.5. The van der Waals surface area contributed by atoms with Gasteiger partial charge in [0, 0.05) is 18.5 Å². The Bertz CT molecular complexity index is 209. The maximum absolute atomic E-state index is 11.6. The molecule has 0 aromatic heterocycles. The van der Waals surface area contributed by atoms with E-state index in [4.69, 9.17) is 5.73 Å². The first-order chi connectivity index (χ1) is 7.13. The molecule has 1 aliphatic rings. The molecule has 0 saturated heterocycles. The van der Waals surface area contributed by atoms with Crippen molar-refractivity contribution in [3.05, 3.63) is 0 Å². The second-order valence-electron chi connectivity index (χ2n) is 4.46. The predicted molar refractivity (Wildman–Crippen MR) is 59.2 cm³/mol. The van der Waals surface area contributed by atoms with Gasteiger partial charge in [0.2, 0.25) is 5.91 Å². The second kappa shape index (κ2) is 6.08. The molecule has 1 amide bonds. The highest BCUT2D eigenvalue weighted by Gasteiger charge is 2.27. The van der Waals surface area contributed by atoms with Crippen molar-refractivity contribution in [1.82, 2.24) is 5.32 Å². The summed E-state index contributed by atoms with van der Waals surface area (Å²) in [4.78, 5) is 11.6. The van der Waals surface area contributed by atoms with Gasteiger partial charge in [0.25, 0.3) is 0 Å². The number of nitrogens with two attached hydrogens (primary N) is 1. The fourth-order valence-corrected chi connectivity index (χ4v) is 2.05. The molecule has 0 aliphatic heterocycles. The van der Waals surface area contributed by atoms with E-state index in [9.17, 15) is 9.90 Å². The van der Waals surface area contributed by atoms with E-state index in [0.717, 1.165) is 32.1 Å². The van der Waals surface area contributed by atoms with Crippen LogP contribution in [0.3, 0.4) is 0 Å². The largest absolute Gasteiger partial charge is 0.391 e. The predicted octanol–water partition coefficient (Wildman–Crippen LogP) is 0.391. The van der Waals surface area contributed by atoms with E-state index in [1.54, 1.807) is 0 Å². The van der Waals surface area contributed by atoms with Gasteiger partial charge in [-0.2, -0.15) is 0 Å². The fourth-order valence-electron chi connectivity index (χ4n) is 2.05. The Kier molecular flexibility index (Phi) is 5.05. The Morgan fingerprint density at radius 1 is 1.60 bits per heavy atom. The molecule has 0 aromatic carbocycles. The van der Waals surface area contributed by atoms with Crippen molar-refractivity contribution in [3.8, 4) is 0 Å². The van der Waals surface area contributed by atoms with Crippen LogP contribution in [0.2, 0.25) is 0 Å². The lowest BCUT2D eigenvalue weighted by Gasteiger charge is -2.13. The molecule has 1 fully saturated rings. The fraction of sp³-hybridized carbons (Fsp3) is 0.909. The van der Waals surface area contributed by atoms with Crippen molar-refractivity contribution in [1.29, 1.82) is 0 Å². The van der Waals surface area contributed by atoms with Crippen molar-refractivity contribution < 1.29 is 9.90 Å². The van der Waals surface area contributed by atoms with Crippen molar-refractivity contribution >= 4 is 5.91 Å². The SMILES string of the molecule is CCCC(O)CNC(=O)C1CCC(N)C1. The summed E-state index contributed by atoms with van der Waals surface area (Å²) >= 11 is 0. The van der Waals surface area contributed by atoms with Gasteiger partial charge in [-0.3, -0.25) is 4.79 Å². The van der Waals surface area contributed by atoms with Gasteiger partial charge in [-0.05, 0) is 25.7 Å². The number of carbonyl (C=O) groups is 1. The molecule has 4 heteroatoms. The lowest BCUT2D eigenvalue weighted by molar-refractivity contribution is -0.125. The molecule has 4 nitrogen and oxygen atoms in total. The van der Waals surface area contributed by atoms with Gasteiger partial charge in [0.05, 0.1) is 6.10 Å². The highest BCUT2D eigenvalue weighted by Crippen LogP contribution is 2.23. The molecule has 3 atom stereocenters. The van der Waals surface area contributed by atoms with E-state index < -0.39 is 6.10 Å². The Balaban J connectivity index is 2.18. The highest BCUT2D eigenvalue weighted by molar-refractivity contribution is 5.79. The summed E-state index contributed by atoms with van der Waals surface area (Å²) in [5, 5.41) is 12.2. The van der Waals surface area contributed by atoms with Gasteiger partial charge >= 0.3 is 0 Å². The standard InChI is InChI=1S/C11H22N2O2/c1-2-3-10(14)7-13-11(15)8-4-5-9(12)6-8/h8-10,14H,2-7,12H2,1H3,(H,13,15). The van der Waals surface area contributed by atoms with Crippen LogP contribution in [0.5, 0.6) is 0 Å². The molecule has 0 bridgehead atoms. The van der Waals surface area contributed by atoms with Crippen molar-refractivity contribution in [2.75, 3.05) is 6.54 Å². The molecule has 15 heavy (non-hydrogen) atoms. The van der Waals surface area contributed by atoms with E-state index in [-0.39, 0.29) is 17.9 Å². The summed E-state index contributed by atoms with van der Waals surface area (Å²) in [6, 6.07) is 0.182. The quantitative estimate of drug-likeness (QED) is 0.619. The molecule has 1 aliphatic carbocycles. The molecule has 1 saturated carbocycles. The number of aliphatic hydroxyl groups excluding tert-OH is 1. The van der Waals surface area contributed by atoms with Crippen LogP contribution >= 0.6 is 0 Å². The zero-order chi connectivity index (χ0) is 11.3. The molecular weight excluding hydrogens is 192 g/mol. The average Bonchev–Trinajstić information content (AvgIpc) is 2.62. The lowest BCUT2D eigenvalue weighted by Crippen LogP contribution is -2.36. The normalized spacial score (nSPS) is 27.7. The maximum atomic E-state index is 11.6. The van der Waals surface area contributed by atoms with Crippen LogP contribution in [0, 0.1) is 5.92 Å². The number of nitrogens with one attached hydrogen (secondary N) is 1. The maximum Gasteiger partial charge on any atom is 0.223 e. The number of carbonyl (C=O) groups excluding carboxylic acids is 1. The molecule has 0 aromatic rings. The first-order valence-corrected chi connectivity index (χ1v) is 5.84. The third kappa shape index (κ3) is 4.18. The molecule has 3 unspecified atom stereocenters. The topological polar surface area (TPSA) is 75.3 Å². The minimum Gasteiger partial charge on any atom is -0.391 e. The van der Waals surface area contributed by atoms with Gasteiger partial charge in [-0.25, -0.2) is 0 Å². The van der Waals surface area contributed by atoms with Gasteiger partial charge < -0.3 is 16.2 Å². The third-order valence-electron chi connectivity index (χ3n) is 2.98. The summed E-state index contributed by atoms with van der Waals surface area (Å²) in [7, 11) is 0. The molecular formula is C11H22N2O2. The zero-order valence-electron chi connectivity index (χ0n) is 9.41. The minimum atomic E-state index is -0.408. The highest BCUT2D eigenvalue weighted by atomic mass is 16.3. The monoisotopic (exact) mass is 214 g/mol. The van der Waals surface area contributed by atoms with Crippen molar-refractivity contribution in [3.63, 3.8) is 0 Å². The zero-order valence-corrected chi connectivity index (χ0v) is 9.41. The molecule has 0 spiro atoms. The minimum absolute atomic E-state index is 0.0538. The third-order valence-corrected chi connectivity index (χ3v) is 2.98. The van der Waals surface area contributed by atoms with E-state index in [2.05, 4.69) is 5.32 Å². The Morgan fingerprint density at radius 2 is 2.33 bits per heavy atom. The summed E-state index contributed by atoms with van der Waals surface area (Å²) in [6.07, 6.45) is 3.88. The van der Waals surface area contributed by atoms with Crippen LogP contribution in [-0.2, 0) is 4.79 Å². The van der Waals surface area contributed by atoms with Crippen LogP contribution in [0.1, 0.15) is 39.0 Å². The molecule has 88 valence electrons. The smallest absolute Gasteiger partial charge is 0.223 e. The molecule has 1 rings (SSSR count). The van der Waals surface area contributed by atoms with Crippen molar-refractivity contribution in [2.24, 2.45) is 11.7 Å². The van der Waals surface area contributed by atoms with Gasteiger partial charge in [0.15, 0.2) is 0 Å². The number of hydrogen-bond donors (Lipinski definition) is 3. The summed E-state index contributed by atoms with van der Waals surface area (Å²) < 4.78 is 0. The van der Waals surface area contributed by atoms with Gasteiger partial charge in [-0.15, -0.1) is 0 Å². The second-order valence-corrected chi connectivity index (χ2v) is 4.46. The lowest BCUT2D eigenvalue weighted by atomic mass is 10.1. The van der Waals surface area contributed by atoms with E-state index in [0.29, 0.717) is 6.54 Å². The van der Waals surface area contributed by atoms with Crippen LogP contribution in [-0.4, -0.2) is 29.7 Å². The number of amides is 1. The average molecular weight is 214 g/mol. The molecule has 0 heterocycles. The molecule has 4 N–H and O–H groups in total. The Labute approximate surface area is 91.2 Å². The summed E-state index contributed by atoms with van der Waals surface area (Å²) in [6.45, 7) is 2.39. The van der Waals surface area contributed by atoms with Crippen LogP contribution < -0.4 is 11.1 Å². The van der Waals surface area contributed by atoms with Crippen LogP contribution in [0.25, 0.3) is 0 Å². The van der Waals surface area contributed by atoms with Crippen LogP contribution in [0.15, 0.2) is 0 Å². The number of hydrogen-bond acceptors (Lipinski definition) is 3. The Hall–Kier alpha value is -0.610. The first-order valence-electron chi connectivity index (χ1n) is 5.84. The summed E-state index contributed by atoms with van der Waals surface area (Å²) in [5.74, 6) is 0.118. The van der Waals surface area contributed by atoms with E-state index in [1.165, 1.54) is 0 Å². The van der Waals surface area contributed by atoms with Crippen LogP contribution in [0.4, 0.5) is 0 Å². The number of rotatable bonds is 5.